The van der Waals surface area contributed by atoms with E-state index in [1.54, 1.807) is 37.3 Å². The van der Waals surface area contributed by atoms with Gasteiger partial charge in [0.25, 0.3) is 5.91 Å². The number of benzene rings is 2. The molecule has 0 N–H and O–H groups in total. The number of halogens is 3. The van der Waals surface area contributed by atoms with Crippen molar-refractivity contribution in [1.29, 1.82) is 5.26 Å². The fourth-order valence-electron chi connectivity index (χ4n) is 7.35. The standard InChI is InChI=1S/C34H39F3N2O6Si/c1-21-18-31(5)33(29(42)43-20-22-11-9-8-10-12-22)26(32(21,45-31)15-16-44-46(6,7)30(2,3)4)27(40)39(28(33)41)24-14-13-23(19-38)25(17-24)34(35,36)37/h8-14,17,21,26H,15-16,18,20H2,1-7H3/t21-,26-,31+,32-,33+/m0/s1. The summed E-state index contributed by atoms with van der Waals surface area (Å²) < 4.78 is 60.8. The third kappa shape index (κ3) is 4.90. The Labute approximate surface area is 267 Å². The van der Waals surface area contributed by atoms with Crippen LogP contribution in [0.5, 0.6) is 0 Å². The van der Waals surface area contributed by atoms with Crippen LogP contribution in [0.25, 0.3) is 0 Å². The number of hydrogen-bond donors (Lipinski definition) is 0. The van der Waals surface area contributed by atoms with Crippen LogP contribution in [0.2, 0.25) is 18.1 Å². The van der Waals surface area contributed by atoms with E-state index in [0.29, 0.717) is 16.5 Å². The minimum atomic E-state index is -4.93. The number of fused-ring (bicyclic) bond motifs is 5. The average molecular weight is 657 g/mol. The summed E-state index contributed by atoms with van der Waals surface area (Å²) in [6, 6.07) is 13.0. The summed E-state index contributed by atoms with van der Waals surface area (Å²) in [4.78, 5) is 44.2. The molecular weight excluding hydrogens is 617 g/mol. The van der Waals surface area contributed by atoms with Gasteiger partial charge in [0, 0.05) is 6.61 Å². The average Bonchev–Trinajstić information content (AvgIpc) is 3.48. The van der Waals surface area contributed by atoms with Crippen LogP contribution in [-0.4, -0.2) is 43.9 Å². The molecule has 5 rings (SSSR count). The Balaban J connectivity index is 1.62. The zero-order valence-corrected chi connectivity index (χ0v) is 28.1. The van der Waals surface area contributed by atoms with Gasteiger partial charge in [-0.05, 0) is 67.6 Å². The van der Waals surface area contributed by atoms with Crippen molar-refractivity contribution in [2.24, 2.45) is 17.3 Å². The van der Waals surface area contributed by atoms with E-state index >= 15 is 0 Å². The van der Waals surface area contributed by atoms with Crippen molar-refractivity contribution in [2.75, 3.05) is 11.5 Å². The summed E-state index contributed by atoms with van der Waals surface area (Å²) in [6.45, 7) is 14.0. The molecule has 2 amide bonds. The van der Waals surface area contributed by atoms with Crippen LogP contribution in [0.15, 0.2) is 48.5 Å². The van der Waals surface area contributed by atoms with Gasteiger partial charge in [0.2, 0.25) is 5.91 Å². The molecule has 3 fully saturated rings. The van der Waals surface area contributed by atoms with Crippen molar-refractivity contribution in [1.82, 2.24) is 0 Å². The smallest absolute Gasteiger partial charge is 0.417 e. The quantitative estimate of drug-likeness (QED) is 0.134. The van der Waals surface area contributed by atoms with Gasteiger partial charge in [-0.3, -0.25) is 14.4 Å². The predicted molar refractivity (Wildman–Crippen MR) is 165 cm³/mol. The number of nitriles is 1. The first kappa shape index (κ1) is 33.8. The summed E-state index contributed by atoms with van der Waals surface area (Å²) in [6.07, 6.45) is -4.51. The van der Waals surface area contributed by atoms with Crippen molar-refractivity contribution >= 4 is 31.8 Å². The SMILES string of the molecule is C[C@H]1C[C@@]2(C)O[C@]1(CCO[Si](C)(C)C(C)(C)C)[C@@H]1C(=O)N(c3ccc(C#N)c(C(F)(F)F)c3)C(=O)[C@@]12C(=O)OCc1ccccc1. The number of alkyl halides is 3. The van der Waals surface area contributed by atoms with E-state index < -0.39 is 65.9 Å². The number of esters is 1. The summed E-state index contributed by atoms with van der Waals surface area (Å²) in [5.41, 5.74) is -6.66. The van der Waals surface area contributed by atoms with Crippen molar-refractivity contribution in [3.63, 3.8) is 0 Å². The zero-order valence-electron chi connectivity index (χ0n) is 27.1. The number of ether oxygens (including phenoxy) is 2. The number of carbonyl (C=O) groups is 3. The van der Waals surface area contributed by atoms with E-state index in [2.05, 4.69) is 33.9 Å². The number of rotatable bonds is 8. The van der Waals surface area contributed by atoms with Gasteiger partial charge in [0.15, 0.2) is 13.7 Å². The fourth-order valence-corrected chi connectivity index (χ4v) is 8.40. The molecule has 3 aliphatic rings. The van der Waals surface area contributed by atoms with Gasteiger partial charge in [0.1, 0.15) is 6.61 Å². The maximum absolute atomic E-state index is 14.7. The van der Waals surface area contributed by atoms with E-state index in [1.807, 2.05) is 6.92 Å². The number of anilines is 1. The van der Waals surface area contributed by atoms with Gasteiger partial charge >= 0.3 is 12.1 Å². The normalized spacial score (nSPS) is 29.2. The Morgan fingerprint density at radius 1 is 1.13 bits per heavy atom. The number of amides is 2. The van der Waals surface area contributed by atoms with Crippen LogP contribution in [0.4, 0.5) is 18.9 Å². The summed E-state index contributed by atoms with van der Waals surface area (Å²) in [7, 11) is -2.25. The van der Waals surface area contributed by atoms with Crippen LogP contribution in [-0.2, 0) is 41.1 Å². The summed E-state index contributed by atoms with van der Waals surface area (Å²) >= 11 is 0. The maximum Gasteiger partial charge on any atom is 0.417 e. The molecule has 0 spiro atoms. The van der Waals surface area contributed by atoms with Crippen LogP contribution in [0, 0.1) is 28.6 Å². The number of carbonyl (C=O) groups excluding carboxylic acids is 3. The molecule has 0 aromatic heterocycles. The van der Waals surface area contributed by atoms with Gasteiger partial charge in [0.05, 0.1) is 40.0 Å². The molecule has 2 aromatic rings. The van der Waals surface area contributed by atoms with Crippen LogP contribution in [0.3, 0.4) is 0 Å². The maximum atomic E-state index is 14.7. The van der Waals surface area contributed by atoms with Crippen molar-refractivity contribution in [2.45, 2.75) is 89.6 Å². The Bertz CT molecular complexity index is 1620. The molecule has 8 nitrogen and oxygen atoms in total. The highest BCUT2D eigenvalue weighted by Crippen LogP contribution is 2.71. The lowest BCUT2D eigenvalue weighted by atomic mass is 9.54. The molecule has 246 valence electrons. The molecule has 0 aliphatic carbocycles. The number of imide groups is 1. The minimum Gasteiger partial charge on any atom is -0.460 e. The Kier molecular flexibility index (Phi) is 8.11. The topological polar surface area (TPSA) is 106 Å². The van der Waals surface area contributed by atoms with Crippen LogP contribution in [0.1, 0.15) is 64.2 Å². The molecule has 0 unspecified atom stereocenters. The van der Waals surface area contributed by atoms with Crippen LogP contribution < -0.4 is 4.90 Å². The third-order valence-corrected chi connectivity index (χ3v) is 15.2. The molecule has 2 bridgehead atoms. The first-order valence-electron chi connectivity index (χ1n) is 15.3. The molecule has 46 heavy (non-hydrogen) atoms. The lowest BCUT2D eigenvalue weighted by molar-refractivity contribution is -0.173. The third-order valence-electron chi connectivity index (χ3n) is 10.7. The Hall–Kier alpha value is -3.53. The van der Waals surface area contributed by atoms with Crippen molar-refractivity contribution in [3.05, 3.63) is 65.2 Å². The van der Waals surface area contributed by atoms with E-state index in [9.17, 15) is 32.8 Å². The summed E-state index contributed by atoms with van der Waals surface area (Å²) in [5, 5.41) is 9.21. The molecule has 0 radical (unpaired) electrons. The first-order valence-corrected chi connectivity index (χ1v) is 18.2. The van der Waals surface area contributed by atoms with E-state index in [-0.39, 0.29) is 42.7 Å². The Morgan fingerprint density at radius 2 is 1.78 bits per heavy atom. The largest absolute Gasteiger partial charge is 0.460 e. The van der Waals surface area contributed by atoms with Gasteiger partial charge in [-0.1, -0.05) is 58.0 Å². The second kappa shape index (κ2) is 11.0. The second-order valence-corrected chi connectivity index (χ2v) is 19.2. The molecule has 3 heterocycles. The van der Waals surface area contributed by atoms with Crippen LogP contribution >= 0.6 is 0 Å². The first-order chi connectivity index (χ1) is 21.3. The molecular formula is C34H39F3N2O6Si. The van der Waals surface area contributed by atoms with Gasteiger partial charge in [-0.25, -0.2) is 4.90 Å². The van der Waals surface area contributed by atoms with E-state index in [1.165, 1.54) is 6.07 Å². The Morgan fingerprint density at radius 3 is 2.37 bits per heavy atom. The summed E-state index contributed by atoms with van der Waals surface area (Å²) in [5.74, 6) is -4.49. The number of hydrogen-bond acceptors (Lipinski definition) is 7. The number of nitrogens with zero attached hydrogens (tertiary/aromatic N) is 2. The van der Waals surface area contributed by atoms with E-state index in [0.717, 1.165) is 12.1 Å². The zero-order chi connectivity index (χ0) is 34.1. The van der Waals surface area contributed by atoms with Crippen molar-refractivity contribution in [3.8, 4) is 6.07 Å². The molecule has 3 aliphatic heterocycles. The van der Waals surface area contributed by atoms with E-state index in [4.69, 9.17) is 13.9 Å². The highest BCUT2D eigenvalue weighted by Gasteiger charge is 2.87. The van der Waals surface area contributed by atoms with Crippen molar-refractivity contribution < 1.29 is 41.5 Å². The highest BCUT2D eigenvalue weighted by molar-refractivity contribution is 6.74. The predicted octanol–water partition coefficient (Wildman–Crippen LogP) is 6.78. The molecule has 2 aromatic carbocycles. The molecule has 12 heteroatoms. The second-order valence-electron chi connectivity index (χ2n) is 14.4. The highest BCUT2D eigenvalue weighted by atomic mass is 28.4. The minimum absolute atomic E-state index is 0.107. The van der Waals surface area contributed by atoms with Gasteiger partial charge in [-0.2, -0.15) is 18.4 Å². The lowest BCUT2D eigenvalue weighted by Gasteiger charge is -2.42. The molecule has 0 saturated carbocycles. The monoisotopic (exact) mass is 656 g/mol. The lowest BCUT2D eigenvalue weighted by Crippen LogP contribution is -2.60. The molecule has 5 atom stereocenters. The molecule has 3 saturated heterocycles. The fraction of sp³-hybridized carbons (Fsp3) is 0.529. The van der Waals surface area contributed by atoms with Gasteiger partial charge in [-0.15, -0.1) is 0 Å². The van der Waals surface area contributed by atoms with Gasteiger partial charge < -0.3 is 13.9 Å².